The molecule has 0 radical (unpaired) electrons. The van der Waals surface area contributed by atoms with Crippen LogP contribution in [-0.4, -0.2) is 65.8 Å². The van der Waals surface area contributed by atoms with Crippen LogP contribution in [0.4, 0.5) is 0 Å². The molecule has 136 valence electrons. The quantitative estimate of drug-likeness (QED) is 0.316. The van der Waals surface area contributed by atoms with Crippen LogP contribution in [0.2, 0.25) is 0 Å². The Morgan fingerprint density at radius 3 is 2.81 bits per heavy atom. The summed E-state index contributed by atoms with van der Waals surface area (Å²) >= 11 is 0. The average Bonchev–Trinajstić information content (AvgIpc) is 3.30. The largest absolute Gasteiger partial charge is 0.314 e. The SMILES string of the molecule is CN(CCN1CCCC1)/N=C(\C=C/C=O)c1c(C=O)cc2ccccn12. The molecule has 0 bridgehead atoms. The van der Waals surface area contributed by atoms with Crippen LogP contribution in [0, 0.1) is 0 Å². The van der Waals surface area contributed by atoms with E-state index in [1.807, 2.05) is 46.9 Å². The van der Waals surface area contributed by atoms with Gasteiger partial charge in [0.1, 0.15) is 12.0 Å². The number of aldehydes is 2. The van der Waals surface area contributed by atoms with Crippen LogP contribution < -0.4 is 0 Å². The molecule has 0 aliphatic carbocycles. The molecule has 1 aliphatic heterocycles. The summed E-state index contributed by atoms with van der Waals surface area (Å²) < 4.78 is 1.92. The van der Waals surface area contributed by atoms with Crippen LogP contribution in [-0.2, 0) is 4.79 Å². The highest BCUT2D eigenvalue weighted by Gasteiger charge is 2.15. The van der Waals surface area contributed by atoms with E-state index in [1.54, 1.807) is 6.08 Å². The third kappa shape index (κ3) is 4.08. The molecule has 0 spiro atoms. The van der Waals surface area contributed by atoms with E-state index in [9.17, 15) is 9.59 Å². The number of hydrogen-bond acceptors (Lipinski definition) is 5. The second kappa shape index (κ2) is 8.58. The lowest BCUT2D eigenvalue weighted by atomic mass is 10.1. The second-order valence-electron chi connectivity index (χ2n) is 6.47. The first-order valence-electron chi connectivity index (χ1n) is 8.92. The van der Waals surface area contributed by atoms with Crippen molar-refractivity contribution in [1.29, 1.82) is 0 Å². The Bertz CT molecular complexity index is 831. The van der Waals surface area contributed by atoms with E-state index in [0.29, 0.717) is 17.0 Å². The molecule has 2 aromatic rings. The number of pyridine rings is 1. The molecule has 6 nitrogen and oxygen atoms in total. The summed E-state index contributed by atoms with van der Waals surface area (Å²) in [6.07, 6.45) is 9.03. The first-order valence-corrected chi connectivity index (χ1v) is 8.92. The molecule has 6 heteroatoms. The molecule has 26 heavy (non-hydrogen) atoms. The summed E-state index contributed by atoms with van der Waals surface area (Å²) in [5, 5.41) is 6.55. The summed E-state index contributed by atoms with van der Waals surface area (Å²) in [7, 11) is 1.92. The van der Waals surface area contributed by atoms with Crippen molar-refractivity contribution >= 4 is 23.8 Å². The van der Waals surface area contributed by atoms with Gasteiger partial charge in [-0.3, -0.25) is 14.6 Å². The highest BCUT2D eigenvalue weighted by molar-refractivity contribution is 6.13. The third-order valence-corrected chi connectivity index (χ3v) is 4.63. The van der Waals surface area contributed by atoms with Crippen molar-refractivity contribution in [3.63, 3.8) is 0 Å². The fourth-order valence-electron chi connectivity index (χ4n) is 3.32. The number of rotatable bonds is 8. The number of carbonyl (C=O) groups is 2. The lowest BCUT2D eigenvalue weighted by Gasteiger charge is -2.20. The number of likely N-dealkylation sites (tertiary alicyclic amines) is 1. The smallest absolute Gasteiger partial charge is 0.152 e. The van der Waals surface area contributed by atoms with E-state index in [4.69, 9.17) is 0 Å². The van der Waals surface area contributed by atoms with Crippen LogP contribution in [0.25, 0.3) is 5.52 Å². The van der Waals surface area contributed by atoms with Gasteiger partial charge in [0.2, 0.25) is 0 Å². The number of aromatic nitrogens is 1. The molecule has 3 heterocycles. The highest BCUT2D eigenvalue weighted by atomic mass is 16.1. The Hall–Kier alpha value is -2.73. The van der Waals surface area contributed by atoms with Crippen LogP contribution >= 0.6 is 0 Å². The first-order chi connectivity index (χ1) is 12.7. The Labute approximate surface area is 153 Å². The molecule has 1 fully saturated rings. The summed E-state index contributed by atoms with van der Waals surface area (Å²) in [6.45, 7) is 4.04. The number of nitrogens with zero attached hydrogens (tertiary/aromatic N) is 4. The number of hydrogen-bond donors (Lipinski definition) is 0. The van der Waals surface area contributed by atoms with Gasteiger partial charge in [-0.15, -0.1) is 0 Å². The molecular weight excluding hydrogens is 328 g/mol. The molecule has 0 aromatic carbocycles. The summed E-state index contributed by atoms with van der Waals surface area (Å²) in [5.41, 5.74) is 2.76. The van der Waals surface area contributed by atoms with Gasteiger partial charge in [0.25, 0.3) is 0 Å². The molecule has 3 rings (SSSR count). The Morgan fingerprint density at radius 1 is 1.27 bits per heavy atom. The number of fused-ring (bicyclic) bond motifs is 1. The lowest BCUT2D eigenvalue weighted by Crippen LogP contribution is -2.29. The van der Waals surface area contributed by atoms with Gasteiger partial charge < -0.3 is 9.30 Å². The van der Waals surface area contributed by atoms with Gasteiger partial charge in [-0.05, 0) is 56.3 Å². The van der Waals surface area contributed by atoms with E-state index in [-0.39, 0.29) is 0 Å². The zero-order valence-electron chi connectivity index (χ0n) is 15.0. The minimum Gasteiger partial charge on any atom is -0.314 e. The number of likely N-dealkylation sites (N-methyl/N-ethyl adjacent to an activating group) is 1. The van der Waals surface area contributed by atoms with Gasteiger partial charge in [-0.1, -0.05) is 6.07 Å². The Kier molecular flexibility index (Phi) is 5.96. The number of allylic oxidation sites excluding steroid dienone is 2. The van der Waals surface area contributed by atoms with Gasteiger partial charge in [-0.2, -0.15) is 5.10 Å². The van der Waals surface area contributed by atoms with Crippen molar-refractivity contribution in [3.8, 4) is 0 Å². The predicted molar refractivity (Wildman–Crippen MR) is 103 cm³/mol. The van der Waals surface area contributed by atoms with E-state index in [2.05, 4.69) is 10.0 Å². The molecule has 0 saturated carbocycles. The minimum absolute atomic E-state index is 0.554. The fourth-order valence-corrected chi connectivity index (χ4v) is 3.32. The zero-order chi connectivity index (χ0) is 18.4. The van der Waals surface area contributed by atoms with Gasteiger partial charge >= 0.3 is 0 Å². The monoisotopic (exact) mass is 352 g/mol. The predicted octanol–water partition coefficient (Wildman–Crippen LogP) is 2.24. The molecule has 0 amide bonds. The second-order valence-corrected chi connectivity index (χ2v) is 6.47. The maximum atomic E-state index is 11.6. The molecule has 2 aromatic heterocycles. The Balaban J connectivity index is 1.91. The van der Waals surface area contributed by atoms with Crippen molar-refractivity contribution in [2.45, 2.75) is 12.8 Å². The molecule has 0 unspecified atom stereocenters. The van der Waals surface area contributed by atoms with Crippen molar-refractivity contribution in [1.82, 2.24) is 14.3 Å². The first kappa shape index (κ1) is 18.1. The topological polar surface area (TPSA) is 57.4 Å². The zero-order valence-corrected chi connectivity index (χ0v) is 15.0. The minimum atomic E-state index is 0.554. The molecule has 0 atom stereocenters. The van der Waals surface area contributed by atoms with Crippen molar-refractivity contribution in [3.05, 3.63) is 53.9 Å². The number of carbonyl (C=O) groups excluding carboxylic acids is 2. The van der Waals surface area contributed by atoms with Gasteiger partial charge in [-0.25, -0.2) is 0 Å². The highest BCUT2D eigenvalue weighted by Crippen LogP contribution is 2.17. The standard InChI is InChI=1S/C20H24N4O2/c1-22(12-13-23-9-4-5-10-23)21-19(8-6-14-25)20-17(16-26)15-18-7-2-3-11-24(18)20/h2-3,6-8,11,14-16H,4-5,9-10,12-13H2,1H3/b8-6-,21-19+. The number of hydrazone groups is 1. The summed E-state index contributed by atoms with van der Waals surface area (Å²) in [6, 6.07) is 7.60. The van der Waals surface area contributed by atoms with Crippen molar-refractivity contribution < 1.29 is 9.59 Å². The average molecular weight is 352 g/mol. The van der Waals surface area contributed by atoms with Crippen LogP contribution in [0.15, 0.2) is 47.7 Å². The van der Waals surface area contributed by atoms with E-state index in [1.165, 1.54) is 18.9 Å². The molecule has 1 aliphatic rings. The molecule has 1 saturated heterocycles. The van der Waals surface area contributed by atoms with E-state index in [0.717, 1.165) is 44.3 Å². The van der Waals surface area contributed by atoms with Gasteiger partial charge in [0, 0.05) is 37.4 Å². The summed E-state index contributed by atoms with van der Waals surface area (Å²) in [5.74, 6) is 0. The van der Waals surface area contributed by atoms with Crippen molar-refractivity contribution in [2.75, 3.05) is 33.2 Å². The normalized spacial score (nSPS) is 15.8. The summed E-state index contributed by atoms with van der Waals surface area (Å²) in [4.78, 5) is 24.8. The van der Waals surface area contributed by atoms with Gasteiger partial charge in [0.15, 0.2) is 6.29 Å². The van der Waals surface area contributed by atoms with Crippen LogP contribution in [0.5, 0.6) is 0 Å². The maximum Gasteiger partial charge on any atom is 0.152 e. The Morgan fingerprint density at radius 2 is 2.08 bits per heavy atom. The fraction of sp³-hybridized carbons (Fsp3) is 0.350. The lowest BCUT2D eigenvalue weighted by molar-refractivity contribution is -0.104. The van der Waals surface area contributed by atoms with Crippen molar-refractivity contribution in [2.24, 2.45) is 5.10 Å². The maximum absolute atomic E-state index is 11.6. The van der Waals surface area contributed by atoms with Gasteiger partial charge in [0.05, 0.1) is 5.69 Å². The van der Waals surface area contributed by atoms with Crippen LogP contribution in [0.1, 0.15) is 28.9 Å². The molecular formula is C20H24N4O2. The van der Waals surface area contributed by atoms with Crippen LogP contribution in [0.3, 0.4) is 0 Å². The molecule has 0 N–H and O–H groups in total. The third-order valence-electron chi connectivity index (χ3n) is 4.63. The van der Waals surface area contributed by atoms with E-state index >= 15 is 0 Å². The van der Waals surface area contributed by atoms with E-state index < -0.39 is 0 Å².